The maximum atomic E-state index is 11.6. The molecule has 0 saturated carbocycles. The quantitative estimate of drug-likeness (QED) is 0.617. The zero-order valence-corrected chi connectivity index (χ0v) is 11.9. The van der Waals surface area contributed by atoms with Gasteiger partial charge in [-0.1, -0.05) is 17.7 Å². The molecule has 0 heterocycles. The van der Waals surface area contributed by atoms with E-state index in [4.69, 9.17) is 27.9 Å². The molecule has 1 aromatic carbocycles. The van der Waals surface area contributed by atoms with Crippen molar-refractivity contribution < 1.29 is 9.53 Å². The fourth-order valence-corrected chi connectivity index (χ4v) is 1.98. The van der Waals surface area contributed by atoms with Crippen LogP contribution in [0.5, 0.6) is 5.75 Å². The van der Waals surface area contributed by atoms with Crippen LogP contribution in [-0.2, 0) is 11.3 Å². The molecule has 100 valence electrons. The SMILES string of the molecule is COc1cccc(Cl)c1CNC(=O)CCCCCl. The molecule has 1 aromatic rings. The Morgan fingerprint density at radius 2 is 2.17 bits per heavy atom. The average molecular weight is 290 g/mol. The largest absolute Gasteiger partial charge is 0.496 e. The predicted octanol–water partition coefficient (Wildman–Crippen LogP) is 3.37. The summed E-state index contributed by atoms with van der Waals surface area (Å²) in [6, 6.07) is 5.41. The number of hydrogen-bond acceptors (Lipinski definition) is 2. The lowest BCUT2D eigenvalue weighted by atomic mass is 10.2. The third-order valence-corrected chi connectivity index (χ3v) is 3.17. The number of methoxy groups -OCH3 is 1. The third-order valence-electron chi connectivity index (χ3n) is 2.55. The molecular weight excluding hydrogens is 273 g/mol. The smallest absolute Gasteiger partial charge is 0.220 e. The number of rotatable bonds is 7. The average Bonchev–Trinajstić information content (AvgIpc) is 2.37. The second kappa shape index (κ2) is 8.22. The maximum absolute atomic E-state index is 11.6. The van der Waals surface area contributed by atoms with Crippen molar-refractivity contribution in [2.75, 3.05) is 13.0 Å². The van der Waals surface area contributed by atoms with Crippen LogP contribution in [0.1, 0.15) is 24.8 Å². The molecule has 18 heavy (non-hydrogen) atoms. The highest BCUT2D eigenvalue weighted by molar-refractivity contribution is 6.31. The maximum Gasteiger partial charge on any atom is 0.220 e. The number of nitrogens with one attached hydrogen (secondary N) is 1. The Morgan fingerprint density at radius 3 is 2.83 bits per heavy atom. The first-order valence-electron chi connectivity index (χ1n) is 5.83. The summed E-state index contributed by atoms with van der Waals surface area (Å²) in [4.78, 5) is 11.6. The van der Waals surface area contributed by atoms with Crippen molar-refractivity contribution in [1.29, 1.82) is 0 Å². The van der Waals surface area contributed by atoms with Crippen molar-refractivity contribution in [2.24, 2.45) is 0 Å². The van der Waals surface area contributed by atoms with Crippen molar-refractivity contribution in [3.05, 3.63) is 28.8 Å². The molecule has 0 atom stereocenters. The summed E-state index contributed by atoms with van der Waals surface area (Å²) in [5, 5.41) is 3.42. The van der Waals surface area contributed by atoms with E-state index < -0.39 is 0 Å². The van der Waals surface area contributed by atoms with E-state index in [-0.39, 0.29) is 5.91 Å². The van der Waals surface area contributed by atoms with E-state index in [1.54, 1.807) is 13.2 Å². The second-order valence-corrected chi connectivity index (χ2v) is 4.63. The lowest BCUT2D eigenvalue weighted by Gasteiger charge is -2.11. The molecule has 1 N–H and O–H groups in total. The van der Waals surface area contributed by atoms with E-state index in [0.717, 1.165) is 18.4 Å². The molecule has 1 amide bonds. The lowest BCUT2D eigenvalue weighted by molar-refractivity contribution is -0.121. The van der Waals surface area contributed by atoms with Crippen molar-refractivity contribution in [1.82, 2.24) is 5.32 Å². The highest BCUT2D eigenvalue weighted by Crippen LogP contribution is 2.25. The molecule has 0 aliphatic carbocycles. The summed E-state index contributed by atoms with van der Waals surface area (Å²) in [7, 11) is 1.58. The minimum Gasteiger partial charge on any atom is -0.496 e. The van der Waals surface area contributed by atoms with Gasteiger partial charge >= 0.3 is 0 Å². The van der Waals surface area contributed by atoms with E-state index in [1.807, 2.05) is 12.1 Å². The van der Waals surface area contributed by atoms with Crippen LogP contribution in [0.4, 0.5) is 0 Å². The highest BCUT2D eigenvalue weighted by Gasteiger charge is 2.09. The van der Waals surface area contributed by atoms with Gasteiger partial charge < -0.3 is 10.1 Å². The highest BCUT2D eigenvalue weighted by atomic mass is 35.5. The van der Waals surface area contributed by atoms with Gasteiger partial charge in [0, 0.05) is 29.4 Å². The first-order chi connectivity index (χ1) is 8.69. The monoisotopic (exact) mass is 289 g/mol. The molecule has 3 nitrogen and oxygen atoms in total. The van der Waals surface area contributed by atoms with Gasteiger partial charge in [-0.05, 0) is 25.0 Å². The summed E-state index contributed by atoms with van der Waals surface area (Å²) in [5.74, 6) is 1.27. The number of unbranched alkanes of at least 4 members (excludes halogenated alkanes) is 1. The van der Waals surface area contributed by atoms with Crippen LogP contribution in [0.15, 0.2) is 18.2 Å². The van der Waals surface area contributed by atoms with Gasteiger partial charge in [0.25, 0.3) is 0 Å². The number of amides is 1. The first-order valence-corrected chi connectivity index (χ1v) is 6.74. The number of hydrogen-bond donors (Lipinski definition) is 1. The number of alkyl halides is 1. The fraction of sp³-hybridized carbons (Fsp3) is 0.462. The van der Waals surface area contributed by atoms with Crippen LogP contribution in [0, 0.1) is 0 Å². The van der Waals surface area contributed by atoms with Crippen LogP contribution in [-0.4, -0.2) is 18.9 Å². The molecule has 5 heteroatoms. The second-order valence-electron chi connectivity index (χ2n) is 3.84. The van der Waals surface area contributed by atoms with Gasteiger partial charge in [0.15, 0.2) is 0 Å². The van der Waals surface area contributed by atoms with Crippen LogP contribution >= 0.6 is 23.2 Å². The molecular formula is C13H17Cl2NO2. The van der Waals surface area contributed by atoms with Crippen molar-refractivity contribution >= 4 is 29.1 Å². The van der Waals surface area contributed by atoms with Gasteiger partial charge in [-0.2, -0.15) is 0 Å². The molecule has 0 aliphatic heterocycles. The Balaban J connectivity index is 2.50. The van der Waals surface area contributed by atoms with E-state index >= 15 is 0 Å². The topological polar surface area (TPSA) is 38.3 Å². The zero-order valence-electron chi connectivity index (χ0n) is 10.3. The normalized spacial score (nSPS) is 10.2. The van der Waals surface area contributed by atoms with Gasteiger partial charge in [0.05, 0.1) is 7.11 Å². The zero-order chi connectivity index (χ0) is 13.4. The lowest BCUT2D eigenvalue weighted by Crippen LogP contribution is -2.22. The molecule has 0 aliphatic rings. The van der Waals surface area contributed by atoms with Crippen LogP contribution < -0.4 is 10.1 Å². The first kappa shape index (κ1) is 15.1. The van der Waals surface area contributed by atoms with Crippen LogP contribution in [0.3, 0.4) is 0 Å². The Kier molecular flexibility index (Phi) is 6.91. The molecule has 1 rings (SSSR count). The number of ether oxygens (including phenoxy) is 1. The molecule has 0 unspecified atom stereocenters. The van der Waals surface area contributed by atoms with E-state index in [2.05, 4.69) is 5.32 Å². The Bertz CT molecular complexity index is 397. The predicted molar refractivity (Wildman–Crippen MR) is 74.4 cm³/mol. The van der Waals surface area contributed by atoms with Gasteiger partial charge in [-0.3, -0.25) is 4.79 Å². The third kappa shape index (κ3) is 4.75. The van der Waals surface area contributed by atoms with E-state index in [0.29, 0.717) is 29.6 Å². The molecule has 0 spiro atoms. The van der Waals surface area contributed by atoms with Gasteiger partial charge in [-0.25, -0.2) is 0 Å². The number of carbonyl (C=O) groups is 1. The molecule has 0 aromatic heterocycles. The van der Waals surface area contributed by atoms with Crippen LogP contribution in [0.2, 0.25) is 5.02 Å². The Morgan fingerprint density at radius 1 is 1.39 bits per heavy atom. The number of benzene rings is 1. The molecule has 0 bridgehead atoms. The Labute approximate surface area is 117 Å². The van der Waals surface area contributed by atoms with E-state index in [1.165, 1.54) is 0 Å². The Hall–Kier alpha value is -0.930. The van der Waals surface area contributed by atoms with Gasteiger partial charge in [-0.15, -0.1) is 11.6 Å². The fourth-order valence-electron chi connectivity index (χ4n) is 1.56. The number of carbonyl (C=O) groups excluding carboxylic acids is 1. The minimum atomic E-state index is 0.00193. The summed E-state index contributed by atoms with van der Waals surface area (Å²) in [5.41, 5.74) is 0.798. The molecule has 0 radical (unpaired) electrons. The van der Waals surface area contributed by atoms with Gasteiger partial charge in [0.2, 0.25) is 5.91 Å². The minimum absolute atomic E-state index is 0.00193. The summed E-state index contributed by atoms with van der Waals surface area (Å²) >= 11 is 11.6. The van der Waals surface area contributed by atoms with Crippen molar-refractivity contribution in [3.63, 3.8) is 0 Å². The molecule has 0 saturated heterocycles. The van der Waals surface area contributed by atoms with E-state index in [9.17, 15) is 4.79 Å². The summed E-state index contributed by atoms with van der Waals surface area (Å²) in [6.07, 6.45) is 2.14. The van der Waals surface area contributed by atoms with Crippen molar-refractivity contribution in [2.45, 2.75) is 25.8 Å². The summed E-state index contributed by atoms with van der Waals surface area (Å²) in [6.45, 7) is 0.378. The number of halogens is 2. The molecule has 0 fully saturated rings. The van der Waals surface area contributed by atoms with Gasteiger partial charge in [0.1, 0.15) is 5.75 Å². The van der Waals surface area contributed by atoms with Crippen molar-refractivity contribution in [3.8, 4) is 5.75 Å². The standard InChI is InChI=1S/C13H17Cl2NO2/c1-18-12-6-4-5-11(15)10(12)9-16-13(17)7-2-3-8-14/h4-6H,2-3,7-9H2,1H3,(H,16,17). The summed E-state index contributed by atoms with van der Waals surface area (Å²) < 4.78 is 5.20. The van der Waals surface area contributed by atoms with Crippen LogP contribution in [0.25, 0.3) is 0 Å².